The van der Waals surface area contributed by atoms with Gasteiger partial charge in [0.1, 0.15) is 10.3 Å². The third kappa shape index (κ3) is 3.84. The van der Waals surface area contributed by atoms with Gasteiger partial charge in [-0.25, -0.2) is 4.98 Å². The Morgan fingerprint density at radius 2 is 2.00 bits per heavy atom. The van der Waals surface area contributed by atoms with Crippen LogP contribution in [-0.2, 0) is 4.79 Å². The number of halogens is 2. The molecule has 1 aromatic rings. The highest BCUT2D eigenvalue weighted by Crippen LogP contribution is 2.18. The summed E-state index contributed by atoms with van der Waals surface area (Å²) >= 11 is 11.6. The van der Waals surface area contributed by atoms with E-state index in [1.807, 2.05) is 0 Å². The summed E-state index contributed by atoms with van der Waals surface area (Å²) in [5.41, 5.74) is 0.415. The lowest BCUT2D eigenvalue weighted by atomic mass is 10.0. The highest BCUT2D eigenvalue weighted by atomic mass is 35.5. The fraction of sp³-hybridized carbons (Fsp3) is 0.462. The molecule has 1 aromatic heterocycles. The molecule has 1 saturated heterocycles. The first kappa shape index (κ1) is 15.1. The van der Waals surface area contributed by atoms with Gasteiger partial charge in [0.25, 0.3) is 5.91 Å². The summed E-state index contributed by atoms with van der Waals surface area (Å²) in [6.45, 7) is 2.63. The van der Waals surface area contributed by atoms with Gasteiger partial charge in [0.2, 0.25) is 5.91 Å². The van der Waals surface area contributed by atoms with Crippen molar-refractivity contribution in [3.63, 3.8) is 0 Å². The van der Waals surface area contributed by atoms with Crippen LogP contribution in [0.2, 0.25) is 10.3 Å². The predicted octanol–water partition coefficient (Wildman–Crippen LogP) is 2.13. The fourth-order valence-electron chi connectivity index (χ4n) is 2.34. The molecule has 0 radical (unpaired) electrons. The summed E-state index contributed by atoms with van der Waals surface area (Å²) in [6.07, 6.45) is 1.73. The van der Waals surface area contributed by atoms with Gasteiger partial charge in [-0.05, 0) is 25.0 Å². The van der Waals surface area contributed by atoms with E-state index in [0.29, 0.717) is 18.7 Å². The molecule has 108 valence electrons. The zero-order chi connectivity index (χ0) is 14.7. The maximum atomic E-state index is 12.4. The molecule has 5 nitrogen and oxygen atoms in total. The van der Waals surface area contributed by atoms with Gasteiger partial charge in [-0.2, -0.15) is 0 Å². The van der Waals surface area contributed by atoms with E-state index in [1.54, 1.807) is 4.90 Å². The molecule has 2 heterocycles. The van der Waals surface area contributed by atoms with Crippen LogP contribution in [0.3, 0.4) is 0 Å². The zero-order valence-corrected chi connectivity index (χ0v) is 12.5. The molecule has 7 heteroatoms. The van der Waals surface area contributed by atoms with Crippen LogP contribution in [0, 0.1) is 0 Å². The van der Waals surface area contributed by atoms with Crippen LogP contribution in [0.4, 0.5) is 0 Å². The molecule has 0 bridgehead atoms. The number of amides is 2. The number of carbonyl (C=O) groups is 2. The average molecular weight is 316 g/mol. The Balaban J connectivity index is 2.10. The molecule has 1 aliphatic rings. The summed E-state index contributed by atoms with van der Waals surface area (Å²) in [5, 5.41) is 3.23. The van der Waals surface area contributed by atoms with Gasteiger partial charge >= 0.3 is 0 Å². The summed E-state index contributed by atoms with van der Waals surface area (Å²) < 4.78 is 0. The SMILES string of the molecule is CC(=O)NC1CCCN(C(=O)c2cc(Cl)nc(Cl)c2)C1. The van der Waals surface area contributed by atoms with Crippen LogP contribution in [0.15, 0.2) is 12.1 Å². The maximum Gasteiger partial charge on any atom is 0.254 e. The number of carbonyl (C=O) groups excluding carboxylic acids is 2. The molecule has 0 aliphatic carbocycles. The number of pyridine rings is 1. The van der Waals surface area contributed by atoms with Crippen LogP contribution in [-0.4, -0.2) is 40.8 Å². The Morgan fingerprint density at radius 3 is 2.60 bits per heavy atom. The number of likely N-dealkylation sites (tertiary alicyclic amines) is 1. The first-order valence-electron chi connectivity index (χ1n) is 6.35. The first-order chi connectivity index (χ1) is 9.45. The second-order valence-electron chi connectivity index (χ2n) is 4.79. The molecule has 0 spiro atoms. The van der Waals surface area contributed by atoms with Crippen LogP contribution in [0.5, 0.6) is 0 Å². The molecule has 2 amide bonds. The minimum absolute atomic E-state index is 0.00187. The lowest BCUT2D eigenvalue weighted by molar-refractivity contribution is -0.120. The first-order valence-corrected chi connectivity index (χ1v) is 7.11. The van der Waals surface area contributed by atoms with E-state index < -0.39 is 0 Å². The molecule has 1 unspecified atom stereocenters. The topological polar surface area (TPSA) is 62.3 Å². The van der Waals surface area contributed by atoms with Crippen molar-refractivity contribution in [2.24, 2.45) is 0 Å². The molecule has 1 N–H and O–H groups in total. The molecular formula is C13H15Cl2N3O2. The van der Waals surface area contributed by atoms with Gasteiger partial charge in [-0.15, -0.1) is 0 Å². The van der Waals surface area contributed by atoms with Gasteiger partial charge in [0, 0.05) is 31.6 Å². The average Bonchev–Trinajstić information content (AvgIpc) is 2.36. The van der Waals surface area contributed by atoms with Gasteiger partial charge in [0.05, 0.1) is 0 Å². The van der Waals surface area contributed by atoms with Crippen LogP contribution in [0.25, 0.3) is 0 Å². The molecule has 20 heavy (non-hydrogen) atoms. The van der Waals surface area contributed by atoms with E-state index in [9.17, 15) is 9.59 Å². The number of hydrogen-bond donors (Lipinski definition) is 1. The number of aromatic nitrogens is 1. The van der Waals surface area contributed by atoms with Crippen molar-refractivity contribution < 1.29 is 9.59 Å². The van der Waals surface area contributed by atoms with E-state index >= 15 is 0 Å². The van der Waals surface area contributed by atoms with Gasteiger partial charge in [-0.3, -0.25) is 9.59 Å². The number of rotatable bonds is 2. The van der Waals surface area contributed by atoms with Gasteiger partial charge < -0.3 is 10.2 Å². The number of hydrogen-bond acceptors (Lipinski definition) is 3. The summed E-state index contributed by atoms with van der Waals surface area (Å²) in [7, 11) is 0. The van der Waals surface area contributed by atoms with Gasteiger partial charge in [0.15, 0.2) is 0 Å². The van der Waals surface area contributed by atoms with Crippen molar-refractivity contribution in [2.45, 2.75) is 25.8 Å². The van der Waals surface area contributed by atoms with Crippen LogP contribution >= 0.6 is 23.2 Å². The van der Waals surface area contributed by atoms with Gasteiger partial charge in [-0.1, -0.05) is 23.2 Å². The Morgan fingerprint density at radius 1 is 1.35 bits per heavy atom. The van der Waals surface area contributed by atoms with E-state index in [2.05, 4.69) is 10.3 Å². The quantitative estimate of drug-likeness (QED) is 0.850. The van der Waals surface area contributed by atoms with E-state index in [-0.39, 0.29) is 28.2 Å². The largest absolute Gasteiger partial charge is 0.352 e. The van der Waals surface area contributed by atoms with Crippen molar-refractivity contribution in [1.82, 2.24) is 15.2 Å². The lowest BCUT2D eigenvalue weighted by Crippen LogP contribution is -2.49. The third-order valence-electron chi connectivity index (χ3n) is 3.13. The van der Waals surface area contributed by atoms with Crippen LogP contribution < -0.4 is 5.32 Å². The predicted molar refractivity (Wildman–Crippen MR) is 77.0 cm³/mol. The monoisotopic (exact) mass is 315 g/mol. The maximum absolute atomic E-state index is 12.4. The normalized spacial score (nSPS) is 18.8. The Labute approximate surface area is 127 Å². The highest BCUT2D eigenvalue weighted by molar-refractivity contribution is 6.33. The van der Waals surface area contributed by atoms with E-state index in [0.717, 1.165) is 12.8 Å². The number of piperidine rings is 1. The van der Waals surface area contributed by atoms with Crippen molar-refractivity contribution in [1.29, 1.82) is 0 Å². The summed E-state index contributed by atoms with van der Waals surface area (Å²) in [4.78, 5) is 29.0. The summed E-state index contributed by atoms with van der Waals surface area (Å²) in [5.74, 6) is -0.231. The fourth-order valence-corrected chi connectivity index (χ4v) is 2.80. The van der Waals surface area contributed by atoms with Crippen molar-refractivity contribution in [2.75, 3.05) is 13.1 Å². The standard InChI is InChI=1S/C13H15Cl2N3O2/c1-8(19)16-10-3-2-4-18(7-10)13(20)9-5-11(14)17-12(15)6-9/h5-6,10H,2-4,7H2,1H3,(H,16,19). The zero-order valence-electron chi connectivity index (χ0n) is 11.0. The number of nitrogens with zero attached hydrogens (tertiary/aromatic N) is 2. The number of nitrogens with one attached hydrogen (secondary N) is 1. The highest BCUT2D eigenvalue weighted by Gasteiger charge is 2.25. The molecule has 1 fully saturated rings. The van der Waals surface area contributed by atoms with Crippen molar-refractivity contribution in [3.8, 4) is 0 Å². The molecule has 1 aliphatic heterocycles. The minimum atomic E-state index is -0.147. The van der Waals surface area contributed by atoms with E-state index in [4.69, 9.17) is 23.2 Å². The summed E-state index contributed by atoms with van der Waals surface area (Å²) in [6, 6.07) is 2.99. The van der Waals surface area contributed by atoms with Crippen LogP contribution in [0.1, 0.15) is 30.1 Å². The second kappa shape index (κ2) is 6.41. The second-order valence-corrected chi connectivity index (χ2v) is 5.57. The molecule has 2 rings (SSSR count). The lowest BCUT2D eigenvalue weighted by Gasteiger charge is -2.33. The molecule has 0 aromatic carbocycles. The van der Waals surface area contributed by atoms with Crippen molar-refractivity contribution >= 4 is 35.0 Å². The van der Waals surface area contributed by atoms with Crippen molar-refractivity contribution in [3.05, 3.63) is 28.0 Å². The molecular weight excluding hydrogens is 301 g/mol. The van der Waals surface area contributed by atoms with E-state index in [1.165, 1.54) is 19.1 Å². The minimum Gasteiger partial charge on any atom is -0.352 e. The Bertz CT molecular complexity index is 516. The Kier molecular flexibility index (Phi) is 4.83. The third-order valence-corrected chi connectivity index (χ3v) is 3.51. The molecule has 0 saturated carbocycles. The Hall–Kier alpha value is -1.33. The smallest absolute Gasteiger partial charge is 0.254 e. The molecule has 1 atom stereocenters.